The largest absolute Gasteiger partial charge is 0.497 e. The van der Waals surface area contributed by atoms with Crippen LogP contribution in [-0.4, -0.2) is 83.6 Å². The number of furan rings is 1. The summed E-state index contributed by atoms with van der Waals surface area (Å²) in [6.07, 6.45) is 1.000. The molecule has 1 fully saturated rings. The number of nitrogens with one attached hydrogen (secondary N) is 2. The molecule has 0 bridgehead atoms. The summed E-state index contributed by atoms with van der Waals surface area (Å²) >= 11 is 0. The molecule has 1 atom stereocenters. The molecule has 0 unspecified atom stereocenters. The normalized spacial score (nSPS) is 15.3. The molecule has 10 nitrogen and oxygen atoms in total. The predicted molar refractivity (Wildman–Crippen MR) is 122 cm³/mol. The van der Waals surface area contributed by atoms with Crippen molar-refractivity contribution in [1.29, 1.82) is 0 Å². The molecular formula is C23H32N4O6. The SMILES string of the molecule is COc1ccc(N2CCN([C@H](CNC(=O)C(=O)NCC(OC)OC)c3ccco3)CC2)cc1. The summed E-state index contributed by atoms with van der Waals surface area (Å²) < 4.78 is 20.9. The van der Waals surface area contributed by atoms with Crippen molar-refractivity contribution in [3.05, 3.63) is 48.4 Å². The Balaban J connectivity index is 1.55. The molecule has 2 heterocycles. The van der Waals surface area contributed by atoms with Crippen LogP contribution in [0.5, 0.6) is 5.75 Å². The minimum atomic E-state index is -0.739. The van der Waals surface area contributed by atoms with Gasteiger partial charge in [0.2, 0.25) is 0 Å². The molecule has 1 saturated heterocycles. The van der Waals surface area contributed by atoms with E-state index in [2.05, 4.69) is 32.6 Å². The van der Waals surface area contributed by atoms with E-state index >= 15 is 0 Å². The Hall–Kier alpha value is -3.08. The first-order valence-electron chi connectivity index (χ1n) is 10.8. The Morgan fingerprint density at radius 3 is 2.12 bits per heavy atom. The van der Waals surface area contributed by atoms with Crippen LogP contribution in [0.3, 0.4) is 0 Å². The van der Waals surface area contributed by atoms with E-state index in [0.717, 1.165) is 43.4 Å². The quantitative estimate of drug-likeness (QED) is 0.400. The van der Waals surface area contributed by atoms with Crippen LogP contribution >= 0.6 is 0 Å². The second-order valence-corrected chi connectivity index (χ2v) is 7.57. The molecule has 0 aliphatic carbocycles. The smallest absolute Gasteiger partial charge is 0.309 e. The summed E-state index contributed by atoms with van der Waals surface area (Å²) in [4.78, 5) is 29.0. The fourth-order valence-corrected chi connectivity index (χ4v) is 3.76. The molecule has 1 aliphatic heterocycles. The van der Waals surface area contributed by atoms with Crippen LogP contribution in [0, 0.1) is 0 Å². The maximum absolute atomic E-state index is 12.3. The highest BCUT2D eigenvalue weighted by atomic mass is 16.7. The van der Waals surface area contributed by atoms with Crippen LogP contribution in [0.15, 0.2) is 47.1 Å². The van der Waals surface area contributed by atoms with Crippen LogP contribution in [0.25, 0.3) is 0 Å². The standard InChI is InChI=1S/C23H32N4O6/c1-30-18-8-6-17(7-9-18)26-10-12-27(13-11-26)19(20-5-4-14-33-20)15-24-22(28)23(29)25-16-21(31-2)32-3/h4-9,14,19,21H,10-13,15-16H2,1-3H3,(H,24,28)(H,25,29)/t19-/m1/s1. The third-order valence-corrected chi connectivity index (χ3v) is 5.68. The fraction of sp³-hybridized carbons (Fsp3) is 0.478. The van der Waals surface area contributed by atoms with E-state index in [1.54, 1.807) is 13.4 Å². The van der Waals surface area contributed by atoms with Gasteiger partial charge in [0.1, 0.15) is 11.5 Å². The zero-order valence-electron chi connectivity index (χ0n) is 19.3. The Morgan fingerprint density at radius 1 is 0.939 bits per heavy atom. The first-order chi connectivity index (χ1) is 16.0. The number of anilines is 1. The first-order valence-corrected chi connectivity index (χ1v) is 10.8. The number of hydrogen-bond donors (Lipinski definition) is 2. The van der Waals surface area contributed by atoms with Crippen molar-refractivity contribution >= 4 is 17.5 Å². The highest BCUT2D eigenvalue weighted by Crippen LogP contribution is 2.25. The molecular weight excluding hydrogens is 428 g/mol. The summed E-state index contributed by atoms with van der Waals surface area (Å²) in [5.74, 6) is 0.119. The number of piperazine rings is 1. The molecule has 10 heteroatoms. The van der Waals surface area contributed by atoms with Crippen molar-refractivity contribution in [1.82, 2.24) is 15.5 Å². The third kappa shape index (κ3) is 6.70. The van der Waals surface area contributed by atoms with Gasteiger partial charge in [-0.2, -0.15) is 0 Å². The highest BCUT2D eigenvalue weighted by Gasteiger charge is 2.28. The topological polar surface area (TPSA) is 106 Å². The van der Waals surface area contributed by atoms with E-state index in [1.165, 1.54) is 14.2 Å². The molecule has 1 aliphatic rings. The van der Waals surface area contributed by atoms with Crippen molar-refractivity contribution in [3.63, 3.8) is 0 Å². The fourth-order valence-electron chi connectivity index (χ4n) is 3.76. The summed E-state index contributed by atoms with van der Waals surface area (Å²) in [5.41, 5.74) is 1.14. The van der Waals surface area contributed by atoms with Crippen LogP contribution in [-0.2, 0) is 19.1 Å². The van der Waals surface area contributed by atoms with Crippen LogP contribution in [0.2, 0.25) is 0 Å². The Kier molecular flexibility index (Phi) is 9.11. The van der Waals surface area contributed by atoms with Gasteiger partial charge in [-0.15, -0.1) is 0 Å². The lowest BCUT2D eigenvalue weighted by Gasteiger charge is -2.39. The summed E-state index contributed by atoms with van der Waals surface area (Å²) in [7, 11) is 4.58. The van der Waals surface area contributed by atoms with Gasteiger partial charge in [-0.05, 0) is 36.4 Å². The number of carbonyl (C=O) groups is 2. The van der Waals surface area contributed by atoms with Crippen molar-refractivity contribution in [2.24, 2.45) is 0 Å². The summed E-state index contributed by atoms with van der Waals surface area (Å²) in [6, 6.07) is 11.5. The number of hydrogen-bond acceptors (Lipinski definition) is 8. The second-order valence-electron chi connectivity index (χ2n) is 7.57. The average molecular weight is 461 g/mol. The lowest BCUT2D eigenvalue weighted by atomic mass is 10.1. The van der Waals surface area contributed by atoms with Gasteiger partial charge in [0.05, 0.1) is 26.0 Å². The van der Waals surface area contributed by atoms with Gasteiger partial charge < -0.3 is 34.2 Å². The van der Waals surface area contributed by atoms with Crippen molar-refractivity contribution in [3.8, 4) is 5.75 Å². The number of methoxy groups -OCH3 is 3. The Morgan fingerprint density at radius 2 is 1.58 bits per heavy atom. The molecule has 2 N–H and O–H groups in total. The molecule has 0 radical (unpaired) electrons. The van der Waals surface area contributed by atoms with Gasteiger partial charge in [0.25, 0.3) is 0 Å². The lowest BCUT2D eigenvalue weighted by Crippen LogP contribution is -2.51. The summed E-state index contributed by atoms with van der Waals surface area (Å²) in [5, 5.41) is 5.22. The van der Waals surface area contributed by atoms with Crippen molar-refractivity contribution in [2.45, 2.75) is 12.3 Å². The zero-order valence-corrected chi connectivity index (χ0v) is 19.3. The Bertz CT molecular complexity index is 862. The molecule has 0 spiro atoms. The lowest BCUT2D eigenvalue weighted by molar-refractivity contribution is -0.141. The van der Waals surface area contributed by atoms with Crippen molar-refractivity contribution < 1.29 is 28.2 Å². The number of ether oxygens (including phenoxy) is 3. The van der Waals surface area contributed by atoms with E-state index in [-0.39, 0.29) is 19.1 Å². The van der Waals surface area contributed by atoms with Gasteiger partial charge in [0, 0.05) is 52.6 Å². The van der Waals surface area contributed by atoms with Crippen LogP contribution in [0.4, 0.5) is 5.69 Å². The number of rotatable bonds is 10. The van der Waals surface area contributed by atoms with Gasteiger partial charge in [-0.1, -0.05) is 0 Å². The van der Waals surface area contributed by atoms with E-state index in [4.69, 9.17) is 18.6 Å². The minimum absolute atomic E-state index is 0.0776. The molecule has 33 heavy (non-hydrogen) atoms. The minimum Gasteiger partial charge on any atom is -0.497 e. The van der Waals surface area contributed by atoms with E-state index in [1.807, 2.05) is 24.3 Å². The molecule has 2 amide bonds. The molecule has 0 saturated carbocycles. The monoisotopic (exact) mass is 460 g/mol. The van der Waals surface area contributed by atoms with Gasteiger partial charge in [-0.3, -0.25) is 14.5 Å². The maximum atomic E-state index is 12.3. The number of carbonyl (C=O) groups excluding carboxylic acids is 2. The van der Waals surface area contributed by atoms with Gasteiger partial charge in [-0.25, -0.2) is 0 Å². The van der Waals surface area contributed by atoms with Crippen LogP contribution in [0.1, 0.15) is 11.8 Å². The number of amides is 2. The average Bonchev–Trinajstić information content (AvgIpc) is 3.39. The highest BCUT2D eigenvalue weighted by molar-refractivity contribution is 6.35. The maximum Gasteiger partial charge on any atom is 0.309 e. The molecule has 1 aromatic carbocycles. The predicted octanol–water partition coefficient (Wildman–Crippen LogP) is 1.00. The molecule has 3 rings (SSSR count). The molecule has 2 aromatic rings. The number of nitrogens with zero attached hydrogens (tertiary/aromatic N) is 2. The number of benzene rings is 1. The van der Waals surface area contributed by atoms with Gasteiger partial charge in [0.15, 0.2) is 6.29 Å². The van der Waals surface area contributed by atoms with E-state index in [9.17, 15) is 9.59 Å². The summed E-state index contributed by atoms with van der Waals surface area (Å²) in [6.45, 7) is 3.54. The zero-order chi connectivity index (χ0) is 23.6. The molecule has 180 valence electrons. The first kappa shape index (κ1) is 24.6. The van der Waals surface area contributed by atoms with Crippen molar-refractivity contribution in [2.75, 3.05) is 65.5 Å². The Labute approximate surface area is 193 Å². The van der Waals surface area contributed by atoms with Gasteiger partial charge >= 0.3 is 11.8 Å². The van der Waals surface area contributed by atoms with E-state index < -0.39 is 18.1 Å². The second kappa shape index (κ2) is 12.2. The molecule has 1 aromatic heterocycles. The van der Waals surface area contributed by atoms with E-state index in [0.29, 0.717) is 0 Å². The third-order valence-electron chi connectivity index (χ3n) is 5.68. The van der Waals surface area contributed by atoms with Crippen LogP contribution < -0.4 is 20.3 Å².